The molecule has 0 radical (unpaired) electrons. The van der Waals surface area contributed by atoms with Crippen LogP contribution >= 0.6 is 12.6 Å². The van der Waals surface area contributed by atoms with Crippen molar-refractivity contribution in [1.82, 2.24) is 10.4 Å². The number of carboxylic acids is 1. The van der Waals surface area contributed by atoms with Crippen LogP contribution in [0.25, 0.3) is 10.8 Å². The molecule has 0 aliphatic carbocycles. The van der Waals surface area contributed by atoms with E-state index >= 15 is 0 Å². The topological polar surface area (TPSA) is 139 Å². The molecule has 0 aliphatic rings. The molecule has 0 saturated heterocycles. The number of unbranched alkanes of at least 4 members (excludes halogenated alkanes) is 2. The molecule has 3 atom stereocenters. The van der Waals surface area contributed by atoms with Gasteiger partial charge in [0, 0.05) is 36.9 Å². The summed E-state index contributed by atoms with van der Waals surface area (Å²) in [5.74, 6) is -3.27. The van der Waals surface area contributed by atoms with Gasteiger partial charge in [0.2, 0.25) is 11.6 Å². The third-order valence-electron chi connectivity index (χ3n) is 6.46. The predicted octanol–water partition coefficient (Wildman–Crippen LogP) is 3.03. The standard InChI is InChI=1S/C27H41N3O6S2/c1-4-5-8-16-36-30(25(31)15-14-22-12-9-11-21-10-6-7-13-24(21)22)27(26(32)33,29-17-23(28)18-37)20(2)19-38(3,34)35/h6-7,9-13,20,23,29,37H,4-5,8,14-19,28H2,1-3H3,(H,32,33)/t20-,23?,27-/m1/s1. The van der Waals surface area contributed by atoms with Crippen molar-refractivity contribution < 1.29 is 28.0 Å². The fraction of sp³-hybridized carbons (Fsp3) is 0.556. The summed E-state index contributed by atoms with van der Waals surface area (Å²) in [6, 6.07) is 13.1. The summed E-state index contributed by atoms with van der Waals surface area (Å²) in [5.41, 5.74) is 4.80. The zero-order chi connectivity index (χ0) is 28.3. The van der Waals surface area contributed by atoms with Crippen LogP contribution in [-0.2, 0) is 30.7 Å². The number of thiol groups is 1. The van der Waals surface area contributed by atoms with Crippen LogP contribution in [-0.4, -0.2) is 73.1 Å². The molecule has 212 valence electrons. The maximum atomic E-state index is 13.8. The van der Waals surface area contributed by atoms with Crippen molar-refractivity contribution in [2.24, 2.45) is 11.7 Å². The number of carboxylic acid groups (broad SMARTS) is 1. The van der Waals surface area contributed by atoms with E-state index in [1.54, 1.807) is 0 Å². The monoisotopic (exact) mass is 567 g/mol. The Morgan fingerprint density at radius 1 is 1.18 bits per heavy atom. The van der Waals surface area contributed by atoms with Crippen LogP contribution in [0.5, 0.6) is 0 Å². The number of nitrogens with two attached hydrogens (primary N) is 1. The molecule has 2 rings (SSSR count). The third-order valence-corrected chi connectivity index (χ3v) is 8.04. The van der Waals surface area contributed by atoms with Crippen LogP contribution in [0, 0.1) is 5.92 Å². The molecule has 2 aromatic rings. The summed E-state index contributed by atoms with van der Waals surface area (Å²) in [6.45, 7) is 3.59. The highest BCUT2D eigenvalue weighted by Crippen LogP contribution is 2.28. The first-order valence-corrected chi connectivity index (χ1v) is 15.6. The second-order valence-electron chi connectivity index (χ2n) is 9.76. The molecular weight excluding hydrogens is 526 g/mol. The van der Waals surface area contributed by atoms with Gasteiger partial charge in [0.25, 0.3) is 0 Å². The number of fused-ring (bicyclic) bond motifs is 1. The van der Waals surface area contributed by atoms with Crippen molar-refractivity contribution in [1.29, 1.82) is 0 Å². The van der Waals surface area contributed by atoms with Crippen LogP contribution in [0.1, 0.15) is 45.1 Å². The smallest absolute Gasteiger partial charge is 0.347 e. The van der Waals surface area contributed by atoms with Gasteiger partial charge in [-0.1, -0.05) is 69.2 Å². The third kappa shape index (κ3) is 8.67. The lowest BCUT2D eigenvalue weighted by Gasteiger charge is -2.44. The molecule has 0 aromatic heterocycles. The second kappa shape index (κ2) is 14.8. The van der Waals surface area contributed by atoms with Crippen molar-refractivity contribution in [3.05, 3.63) is 48.0 Å². The van der Waals surface area contributed by atoms with Crippen LogP contribution in [0.4, 0.5) is 0 Å². The Morgan fingerprint density at radius 3 is 2.50 bits per heavy atom. The molecular formula is C27H41N3O6S2. The molecule has 9 nitrogen and oxygen atoms in total. The van der Waals surface area contributed by atoms with Gasteiger partial charge in [-0.05, 0) is 29.2 Å². The largest absolute Gasteiger partial charge is 0.478 e. The van der Waals surface area contributed by atoms with Crippen molar-refractivity contribution in [2.45, 2.75) is 57.7 Å². The minimum atomic E-state index is -3.60. The molecule has 0 bridgehead atoms. The molecule has 1 unspecified atom stereocenters. The first-order valence-electron chi connectivity index (χ1n) is 12.9. The van der Waals surface area contributed by atoms with Crippen molar-refractivity contribution in [2.75, 3.05) is 30.9 Å². The lowest BCUT2D eigenvalue weighted by atomic mass is 9.93. The summed E-state index contributed by atoms with van der Waals surface area (Å²) in [6.07, 6.45) is 3.68. The predicted molar refractivity (Wildman–Crippen MR) is 154 cm³/mol. The number of amides is 1. The zero-order valence-electron chi connectivity index (χ0n) is 22.4. The molecule has 0 aliphatic heterocycles. The Hall–Kier alpha value is -2.18. The van der Waals surface area contributed by atoms with Gasteiger partial charge < -0.3 is 10.8 Å². The number of nitrogens with zero attached hydrogens (tertiary/aromatic N) is 1. The Morgan fingerprint density at radius 2 is 1.87 bits per heavy atom. The maximum absolute atomic E-state index is 13.8. The molecule has 38 heavy (non-hydrogen) atoms. The first kappa shape index (κ1) is 32.0. The number of hydroxylamine groups is 2. The number of sulfone groups is 1. The van der Waals surface area contributed by atoms with E-state index in [0.29, 0.717) is 12.8 Å². The van der Waals surface area contributed by atoms with Crippen LogP contribution in [0.3, 0.4) is 0 Å². The first-order chi connectivity index (χ1) is 18.0. The summed E-state index contributed by atoms with van der Waals surface area (Å²) >= 11 is 4.17. The van der Waals surface area contributed by atoms with Gasteiger partial charge in [0.05, 0.1) is 12.4 Å². The number of benzene rings is 2. The second-order valence-corrected chi connectivity index (χ2v) is 12.3. The lowest BCUT2D eigenvalue weighted by Crippen LogP contribution is -2.71. The molecule has 0 saturated carbocycles. The molecule has 1 amide bonds. The number of carbonyl (C=O) groups is 2. The van der Waals surface area contributed by atoms with Gasteiger partial charge in [-0.25, -0.2) is 13.2 Å². The number of hydrogen-bond acceptors (Lipinski definition) is 8. The normalized spacial score (nSPS) is 15.1. The van der Waals surface area contributed by atoms with E-state index in [9.17, 15) is 23.1 Å². The van der Waals surface area contributed by atoms with E-state index in [2.05, 4.69) is 17.9 Å². The van der Waals surface area contributed by atoms with Crippen LogP contribution < -0.4 is 11.1 Å². The van der Waals surface area contributed by atoms with E-state index in [-0.39, 0.29) is 25.3 Å². The maximum Gasteiger partial charge on any atom is 0.347 e. The van der Waals surface area contributed by atoms with Crippen molar-refractivity contribution in [3.63, 3.8) is 0 Å². The molecule has 0 heterocycles. The number of hydrogen-bond donors (Lipinski definition) is 4. The number of rotatable bonds is 17. The minimum Gasteiger partial charge on any atom is -0.478 e. The zero-order valence-corrected chi connectivity index (χ0v) is 24.1. The van der Waals surface area contributed by atoms with Crippen molar-refractivity contribution >= 4 is 45.1 Å². The minimum absolute atomic E-state index is 0.0185. The van der Waals surface area contributed by atoms with E-state index in [1.165, 1.54) is 6.92 Å². The summed E-state index contributed by atoms with van der Waals surface area (Å²) in [5, 5.41) is 16.3. The van der Waals surface area contributed by atoms with Crippen LogP contribution in [0.15, 0.2) is 42.5 Å². The lowest BCUT2D eigenvalue weighted by molar-refractivity contribution is -0.243. The van der Waals surface area contributed by atoms with Gasteiger partial charge in [-0.15, -0.1) is 0 Å². The van der Waals surface area contributed by atoms with Crippen molar-refractivity contribution in [3.8, 4) is 0 Å². The van der Waals surface area contributed by atoms with Gasteiger partial charge in [-0.2, -0.15) is 17.7 Å². The van der Waals surface area contributed by atoms with Crippen LogP contribution in [0.2, 0.25) is 0 Å². The molecule has 0 fully saturated rings. The summed E-state index contributed by atoms with van der Waals surface area (Å²) < 4.78 is 24.5. The van der Waals surface area contributed by atoms with E-state index in [0.717, 1.165) is 40.5 Å². The number of aliphatic carboxylic acids is 1. The van der Waals surface area contributed by atoms with Gasteiger partial charge in [0.1, 0.15) is 9.84 Å². The summed E-state index contributed by atoms with van der Waals surface area (Å²) in [7, 11) is -3.60. The Bertz CT molecular complexity index is 1170. The fourth-order valence-electron chi connectivity index (χ4n) is 4.48. The number of nitrogens with one attached hydrogen (secondary N) is 1. The molecule has 4 N–H and O–H groups in total. The fourth-order valence-corrected chi connectivity index (χ4v) is 5.76. The highest BCUT2D eigenvalue weighted by atomic mass is 32.2. The molecule has 11 heteroatoms. The van der Waals surface area contributed by atoms with E-state index < -0.39 is 45.1 Å². The Balaban J connectivity index is 2.48. The Labute approximate surface area is 231 Å². The van der Waals surface area contributed by atoms with E-state index in [1.807, 2.05) is 49.4 Å². The molecule has 2 aromatic carbocycles. The highest BCUT2D eigenvalue weighted by molar-refractivity contribution is 7.90. The quantitative estimate of drug-likeness (QED) is 0.0990. The Kier molecular flexibility index (Phi) is 12.5. The molecule has 0 spiro atoms. The SMILES string of the molecule is CCCCCON(C(=O)CCc1cccc2ccccc12)[C@@](NCC(N)CS)(C(=O)O)[C@H](C)CS(C)(=O)=O. The van der Waals surface area contributed by atoms with Gasteiger partial charge >= 0.3 is 5.97 Å². The average molecular weight is 568 g/mol. The number of aryl methyl sites for hydroxylation is 1. The summed E-state index contributed by atoms with van der Waals surface area (Å²) in [4.78, 5) is 32.6. The van der Waals surface area contributed by atoms with Gasteiger partial charge in [0.15, 0.2) is 0 Å². The number of carbonyl (C=O) groups excluding carboxylic acids is 1. The van der Waals surface area contributed by atoms with Gasteiger partial charge in [-0.3, -0.25) is 14.9 Å². The van der Waals surface area contributed by atoms with E-state index in [4.69, 9.17) is 10.6 Å². The average Bonchev–Trinajstić information content (AvgIpc) is 2.87. The highest BCUT2D eigenvalue weighted by Gasteiger charge is 2.53.